The maximum Gasteiger partial charge on any atom is 0.336 e. The first-order chi connectivity index (χ1) is 13.4. The minimum absolute atomic E-state index is 0.162. The van der Waals surface area contributed by atoms with Crippen molar-refractivity contribution in [3.05, 3.63) is 0 Å². The Morgan fingerprint density at radius 2 is 1.11 bits per heavy atom. The SMILES string of the molecule is [2H]N[C@@H](CC(C)C)C(=O)N[C@@H](C)C(=O)OC(=O)[C@H](C)NC(=O)[C@H](CC(C)C)N[2H]. The van der Waals surface area contributed by atoms with Gasteiger partial charge in [0.25, 0.3) is 0 Å². The monoisotopic (exact) mass is 388 g/mol. The summed E-state index contributed by atoms with van der Waals surface area (Å²) < 4.78 is 19.2. The zero-order chi connectivity index (χ0) is 22.7. The van der Waals surface area contributed by atoms with E-state index in [1.54, 1.807) is 0 Å². The summed E-state index contributed by atoms with van der Waals surface area (Å²) in [7, 11) is 0. The number of nitrogens with two attached hydrogens (primary N) is 2. The number of esters is 2. The average molecular weight is 389 g/mol. The Bertz CT molecular complexity index is 526. The first-order valence-electron chi connectivity index (χ1n) is 10.1. The van der Waals surface area contributed by atoms with E-state index in [1.165, 1.54) is 13.8 Å². The number of hydrogen-bond acceptors (Lipinski definition) is 7. The molecular formula is C18H34N4O5. The van der Waals surface area contributed by atoms with E-state index in [4.69, 9.17) is 7.56 Å². The Labute approximate surface area is 163 Å². The van der Waals surface area contributed by atoms with Gasteiger partial charge in [0, 0.05) is 0 Å². The van der Waals surface area contributed by atoms with Crippen LogP contribution in [0.25, 0.3) is 0 Å². The lowest BCUT2D eigenvalue weighted by Gasteiger charge is -2.19. The zero-order valence-corrected chi connectivity index (χ0v) is 16.9. The van der Waals surface area contributed by atoms with Crippen LogP contribution in [0.4, 0.5) is 0 Å². The van der Waals surface area contributed by atoms with Gasteiger partial charge in [-0.3, -0.25) is 9.59 Å². The third-order valence-electron chi connectivity index (χ3n) is 3.67. The van der Waals surface area contributed by atoms with Gasteiger partial charge in [0.15, 0.2) is 0 Å². The number of amides is 2. The Kier molecular flexibility index (Phi) is 9.20. The Morgan fingerprint density at radius 3 is 1.37 bits per heavy atom. The summed E-state index contributed by atoms with van der Waals surface area (Å²) in [6.45, 7) is 10.3. The summed E-state index contributed by atoms with van der Waals surface area (Å²) in [6.07, 6.45) is 0.807. The van der Waals surface area contributed by atoms with Gasteiger partial charge in [-0.05, 0) is 38.5 Å². The molecule has 0 bridgehead atoms. The van der Waals surface area contributed by atoms with Crippen LogP contribution < -0.4 is 22.1 Å². The number of carbonyl (C=O) groups excluding carboxylic acids is 4. The van der Waals surface area contributed by atoms with Crippen LogP contribution in [0.1, 0.15) is 54.4 Å². The van der Waals surface area contributed by atoms with Crippen molar-refractivity contribution in [1.82, 2.24) is 10.6 Å². The second kappa shape index (κ2) is 11.7. The molecule has 27 heavy (non-hydrogen) atoms. The molecule has 4 atom stereocenters. The highest BCUT2D eigenvalue weighted by atomic mass is 16.6. The molecule has 0 aliphatic rings. The number of ether oxygens (including phenoxy) is 1. The van der Waals surface area contributed by atoms with Gasteiger partial charge < -0.3 is 26.8 Å². The van der Waals surface area contributed by atoms with Gasteiger partial charge in [0.1, 0.15) is 14.9 Å². The Morgan fingerprint density at radius 1 is 0.778 bits per heavy atom. The molecule has 0 aromatic heterocycles. The fourth-order valence-electron chi connectivity index (χ4n) is 2.18. The van der Waals surface area contributed by atoms with Crippen LogP contribution in [0.2, 0.25) is 2.82 Å². The largest absolute Gasteiger partial charge is 0.390 e. The fraction of sp³-hybridized carbons (Fsp3) is 0.778. The van der Waals surface area contributed by atoms with Gasteiger partial charge in [-0.2, -0.15) is 0 Å². The molecule has 0 aromatic rings. The third kappa shape index (κ3) is 10.0. The molecule has 0 aliphatic heterocycles. The summed E-state index contributed by atoms with van der Waals surface area (Å²) in [6, 6.07) is -3.81. The zero-order valence-electron chi connectivity index (χ0n) is 18.9. The number of rotatable bonds is 12. The number of hydrogen-bond donors (Lipinski definition) is 4. The second-order valence-electron chi connectivity index (χ2n) is 7.56. The molecule has 0 aliphatic carbocycles. The minimum Gasteiger partial charge on any atom is -0.390 e. The minimum atomic E-state index is -1.11. The van der Waals surface area contributed by atoms with E-state index in [-0.39, 0.29) is 11.8 Å². The van der Waals surface area contributed by atoms with E-state index >= 15 is 0 Å². The van der Waals surface area contributed by atoms with Crippen LogP contribution in [-0.4, -0.2) is 47.9 Å². The van der Waals surface area contributed by atoms with Gasteiger partial charge in [-0.15, -0.1) is 0 Å². The molecule has 9 heteroatoms. The normalized spacial score (nSPS) is 16.6. The van der Waals surface area contributed by atoms with Crippen LogP contribution in [0.3, 0.4) is 0 Å². The van der Waals surface area contributed by atoms with E-state index in [2.05, 4.69) is 22.1 Å². The van der Waals surface area contributed by atoms with Gasteiger partial charge in [-0.1, -0.05) is 27.7 Å². The highest BCUT2D eigenvalue weighted by Crippen LogP contribution is 2.04. The summed E-state index contributed by atoms with van der Waals surface area (Å²) in [4.78, 5) is 48.4. The van der Waals surface area contributed by atoms with E-state index in [0.717, 1.165) is 0 Å². The summed E-state index contributed by atoms with van der Waals surface area (Å²) in [5.41, 5.74) is 4.28. The number of carbonyl (C=O) groups is 4. The molecular weight excluding hydrogens is 352 g/mol. The summed E-state index contributed by atoms with van der Waals surface area (Å²) >= 11 is 0. The lowest BCUT2D eigenvalue weighted by Crippen LogP contribution is -2.50. The first-order valence-corrected chi connectivity index (χ1v) is 9.13. The molecule has 0 rings (SSSR count). The maximum atomic E-state index is 12.1. The molecule has 0 saturated carbocycles. The van der Waals surface area contributed by atoms with Crippen molar-refractivity contribution in [1.29, 1.82) is 0 Å². The van der Waals surface area contributed by atoms with Crippen LogP contribution in [-0.2, 0) is 23.9 Å². The van der Waals surface area contributed by atoms with Crippen molar-refractivity contribution in [2.24, 2.45) is 23.3 Å². The topological polar surface area (TPSA) is 154 Å². The number of nitrogens with one attached hydrogen (secondary N) is 2. The van der Waals surface area contributed by atoms with Crippen molar-refractivity contribution in [2.45, 2.75) is 78.6 Å². The maximum absolute atomic E-state index is 12.1. The first kappa shape index (κ1) is 21.3. The lowest BCUT2D eigenvalue weighted by molar-refractivity contribution is -0.163. The molecule has 0 spiro atoms. The summed E-state index contributed by atoms with van der Waals surface area (Å²) in [5, 5.41) is 4.80. The van der Waals surface area contributed by atoms with Crippen molar-refractivity contribution >= 4 is 23.8 Å². The van der Waals surface area contributed by atoms with Gasteiger partial charge >= 0.3 is 11.9 Å². The molecule has 0 fully saturated rings. The standard InChI is InChI=1S/C18H34N4O5/c1-9(2)7-13(19)15(23)21-11(5)17(25)27-18(26)12(6)22-16(24)14(20)8-10(3)4/h9-14H,7-8,19-20H2,1-6H3,(H,21,23)(H,22,24)/t11-,12-,13-,14-/m0/s1/i/hD2. The van der Waals surface area contributed by atoms with Crippen LogP contribution in [0, 0.1) is 11.8 Å². The van der Waals surface area contributed by atoms with E-state index in [1.807, 2.05) is 27.7 Å². The molecule has 0 radical (unpaired) electrons. The fourth-order valence-corrected chi connectivity index (χ4v) is 2.18. The summed E-state index contributed by atoms with van der Waals surface area (Å²) in [5.74, 6) is -2.73. The van der Waals surface area contributed by atoms with E-state index < -0.39 is 47.9 Å². The Hall–Kier alpha value is -2.00. The van der Waals surface area contributed by atoms with Crippen molar-refractivity contribution in [3.63, 3.8) is 0 Å². The molecule has 0 saturated heterocycles. The third-order valence-corrected chi connectivity index (χ3v) is 3.67. The van der Waals surface area contributed by atoms with Gasteiger partial charge in [-0.25, -0.2) is 9.59 Å². The molecule has 0 unspecified atom stereocenters. The van der Waals surface area contributed by atoms with Gasteiger partial charge in [0.05, 0.1) is 12.1 Å². The van der Waals surface area contributed by atoms with Crippen molar-refractivity contribution < 1.29 is 26.7 Å². The van der Waals surface area contributed by atoms with Crippen LogP contribution >= 0.6 is 0 Å². The highest BCUT2D eigenvalue weighted by molar-refractivity contribution is 5.95. The highest BCUT2D eigenvalue weighted by Gasteiger charge is 2.27. The molecule has 156 valence electrons. The van der Waals surface area contributed by atoms with Gasteiger partial charge in [0.2, 0.25) is 11.8 Å². The second-order valence-corrected chi connectivity index (χ2v) is 7.56. The quantitative estimate of drug-likeness (QED) is 0.267. The predicted molar refractivity (Wildman–Crippen MR) is 101 cm³/mol. The predicted octanol–water partition coefficient (Wildman–Crippen LogP) is -0.188. The smallest absolute Gasteiger partial charge is 0.336 e. The van der Waals surface area contributed by atoms with Crippen LogP contribution in [0.15, 0.2) is 0 Å². The average Bonchev–Trinajstić information content (AvgIpc) is 2.62. The van der Waals surface area contributed by atoms with Crippen molar-refractivity contribution in [3.8, 4) is 0 Å². The molecule has 6 N–H and O–H groups in total. The molecule has 2 amide bonds. The molecule has 0 aromatic carbocycles. The Balaban J connectivity index is 4.68. The van der Waals surface area contributed by atoms with Crippen molar-refractivity contribution in [2.75, 3.05) is 0 Å². The molecule has 9 nitrogen and oxygen atoms in total. The van der Waals surface area contributed by atoms with E-state index in [0.29, 0.717) is 12.8 Å². The lowest BCUT2D eigenvalue weighted by atomic mass is 10.0. The molecule has 0 heterocycles. The van der Waals surface area contributed by atoms with E-state index in [9.17, 15) is 19.2 Å². The van der Waals surface area contributed by atoms with Crippen LogP contribution in [0.5, 0.6) is 0 Å².